The van der Waals surface area contributed by atoms with Gasteiger partial charge in [-0.25, -0.2) is 0 Å². The molecule has 0 aromatic rings. The van der Waals surface area contributed by atoms with E-state index in [2.05, 4.69) is 61.5 Å². The molecule has 0 aliphatic heterocycles. The molecule has 4 nitrogen and oxygen atoms in total. The van der Waals surface area contributed by atoms with E-state index >= 15 is 0 Å². The van der Waals surface area contributed by atoms with Crippen LogP contribution in [0.25, 0.3) is 0 Å². The highest BCUT2D eigenvalue weighted by Crippen LogP contribution is 2.67. The number of nitrogens with zero attached hydrogens (tertiary/aromatic N) is 1. The summed E-state index contributed by atoms with van der Waals surface area (Å²) in [6, 6.07) is -0.0314. The molecule has 4 rings (SSSR count). The van der Waals surface area contributed by atoms with Gasteiger partial charge in [0.2, 0.25) is 0 Å². The minimum absolute atomic E-state index is 0. The molecule has 9 atom stereocenters. The standard InChI is InChI=1S/C33H56ClNO2.H3N/c1-21(2)10-9-11-22(3)26-14-15-27-25-13-12-23-18-24(36)19-29(35(30(34)37)20-31(4,5)6)33(23,8)28(25)16-17-32(26,27)7;/h12,21-22,24-29,36H,9-11,13-20H2,1-8H3;1H3/t22-,24-,25+,26-,27+,28+,29?,32-,33+;/m1./s1. The number of carbonyl (C=O) groups excluding carboxylic acids is 1. The van der Waals surface area contributed by atoms with Crippen molar-refractivity contribution in [3.8, 4) is 0 Å². The number of allylic oxidation sites excluding steroid dienone is 1. The number of aliphatic hydroxyl groups excluding tert-OH is 1. The normalized spacial score (nSPS) is 39.4. The van der Waals surface area contributed by atoms with Crippen LogP contribution in [0.1, 0.15) is 120 Å². The molecule has 0 spiro atoms. The third-order valence-corrected chi connectivity index (χ3v) is 11.8. The third-order valence-electron chi connectivity index (χ3n) is 11.6. The first-order valence-electron chi connectivity index (χ1n) is 15.5. The van der Waals surface area contributed by atoms with Gasteiger partial charge >= 0.3 is 5.37 Å². The lowest BCUT2D eigenvalue weighted by atomic mass is 9.45. The summed E-state index contributed by atoms with van der Waals surface area (Å²) in [6.07, 6.45) is 14.1. The molecule has 1 amide bonds. The van der Waals surface area contributed by atoms with Crippen LogP contribution < -0.4 is 6.15 Å². The van der Waals surface area contributed by atoms with Crippen molar-refractivity contribution in [2.75, 3.05) is 6.54 Å². The second-order valence-corrected chi connectivity index (χ2v) is 16.0. The minimum atomic E-state index is -0.393. The molecule has 3 saturated carbocycles. The highest BCUT2D eigenvalue weighted by atomic mass is 35.5. The third kappa shape index (κ3) is 5.89. The molecule has 38 heavy (non-hydrogen) atoms. The van der Waals surface area contributed by atoms with Crippen LogP contribution in [-0.2, 0) is 0 Å². The van der Waals surface area contributed by atoms with Crippen LogP contribution in [0.15, 0.2) is 11.6 Å². The molecule has 4 N–H and O–H groups in total. The lowest BCUT2D eigenvalue weighted by Crippen LogP contribution is -2.61. The first kappa shape index (κ1) is 31.9. The summed E-state index contributed by atoms with van der Waals surface area (Å²) in [7, 11) is 0. The Morgan fingerprint density at radius 2 is 1.82 bits per heavy atom. The Morgan fingerprint density at radius 1 is 1.13 bits per heavy atom. The molecule has 0 aromatic carbocycles. The number of aliphatic hydroxyl groups is 1. The number of fused-ring (bicyclic) bond motifs is 5. The van der Waals surface area contributed by atoms with Crippen molar-refractivity contribution in [1.82, 2.24) is 11.1 Å². The van der Waals surface area contributed by atoms with Gasteiger partial charge in [-0.05, 0) is 103 Å². The van der Waals surface area contributed by atoms with Crippen LogP contribution in [0.5, 0.6) is 0 Å². The number of amides is 1. The Balaban J connectivity index is 0.00000400. The summed E-state index contributed by atoms with van der Waals surface area (Å²) in [6.45, 7) is 19.5. The Bertz CT molecular complexity index is 866. The first-order chi connectivity index (χ1) is 17.2. The topological polar surface area (TPSA) is 75.5 Å². The Morgan fingerprint density at radius 3 is 2.42 bits per heavy atom. The van der Waals surface area contributed by atoms with Gasteiger partial charge in [-0.1, -0.05) is 86.3 Å². The number of carbonyl (C=O) groups is 1. The Kier molecular flexibility index (Phi) is 9.86. The average Bonchev–Trinajstić information content (AvgIpc) is 3.14. The van der Waals surface area contributed by atoms with Crippen LogP contribution in [0, 0.1) is 51.8 Å². The number of halogens is 1. The van der Waals surface area contributed by atoms with E-state index in [4.69, 9.17) is 11.6 Å². The van der Waals surface area contributed by atoms with Gasteiger partial charge in [0, 0.05) is 18.0 Å². The molecule has 0 saturated heterocycles. The average molecular weight is 551 g/mol. The monoisotopic (exact) mass is 550 g/mol. The largest absolute Gasteiger partial charge is 0.393 e. The predicted molar refractivity (Wildman–Crippen MR) is 161 cm³/mol. The van der Waals surface area contributed by atoms with E-state index in [9.17, 15) is 9.90 Å². The Hall–Kier alpha value is -0.580. The Labute approximate surface area is 239 Å². The second kappa shape index (κ2) is 11.7. The first-order valence-corrected chi connectivity index (χ1v) is 15.9. The summed E-state index contributed by atoms with van der Waals surface area (Å²) in [4.78, 5) is 14.8. The molecule has 0 bridgehead atoms. The molecule has 4 aliphatic carbocycles. The SMILES string of the molecule is CC(C)CCC[C@@H](C)[C@H]1CC[C@H]2[C@@H]3CC=C4C[C@@H](O)CC(N(CC(C)(C)C)C(=O)Cl)[C@]4(C)[C@H]3CC[C@]12C.N. The van der Waals surface area contributed by atoms with E-state index in [1.165, 1.54) is 50.5 Å². The van der Waals surface area contributed by atoms with Gasteiger partial charge in [-0.15, -0.1) is 0 Å². The molecular formula is C33H59ClN2O2. The molecule has 3 fully saturated rings. The summed E-state index contributed by atoms with van der Waals surface area (Å²) >= 11 is 6.31. The molecule has 0 radical (unpaired) electrons. The van der Waals surface area contributed by atoms with Crippen molar-refractivity contribution in [3.63, 3.8) is 0 Å². The highest BCUT2D eigenvalue weighted by Gasteiger charge is 2.62. The van der Waals surface area contributed by atoms with Crippen molar-refractivity contribution in [2.45, 2.75) is 132 Å². The molecular weight excluding hydrogens is 492 g/mol. The summed E-state index contributed by atoms with van der Waals surface area (Å²) in [5, 5.41) is 10.6. The van der Waals surface area contributed by atoms with Crippen LogP contribution >= 0.6 is 11.6 Å². The number of rotatable bonds is 7. The zero-order valence-corrected chi connectivity index (χ0v) is 26.6. The van der Waals surface area contributed by atoms with E-state index in [0.717, 1.165) is 36.5 Å². The smallest absolute Gasteiger partial charge is 0.316 e. The molecule has 0 heterocycles. The maximum Gasteiger partial charge on any atom is 0.316 e. The number of hydrogen-bond donors (Lipinski definition) is 2. The van der Waals surface area contributed by atoms with Crippen molar-refractivity contribution < 1.29 is 9.90 Å². The zero-order chi connectivity index (χ0) is 27.3. The van der Waals surface area contributed by atoms with Crippen molar-refractivity contribution in [1.29, 1.82) is 0 Å². The van der Waals surface area contributed by atoms with E-state index < -0.39 is 6.10 Å². The lowest BCUT2D eigenvalue weighted by Gasteiger charge is -2.62. The lowest BCUT2D eigenvalue weighted by molar-refractivity contribution is -0.0856. The molecule has 0 aromatic heterocycles. The van der Waals surface area contributed by atoms with Gasteiger partial charge < -0.3 is 16.2 Å². The maximum atomic E-state index is 12.9. The van der Waals surface area contributed by atoms with Crippen LogP contribution in [-0.4, -0.2) is 34.1 Å². The van der Waals surface area contributed by atoms with Gasteiger partial charge in [0.15, 0.2) is 0 Å². The molecule has 5 heteroatoms. The zero-order valence-electron chi connectivity index (χ0n) is 25.9. The van der Waals surface area contributed by atoms with Gasteiger partial charge in [-0.2, -0.15) is 0 Å². The van der Waals surface area contributed by atoms with E-state index in [1.54, 1.807) is 0 Å². The predicted octanol–water partition coefficient (Wildman–Crippen LogP) is 9.24. The van der Waals surface area contributed by atoms with E-state index in [-0.39, 0.29) is 28.4 Å². The highest BCUT2D eigenvalue weighted by molar-refractivity contribution is 6.62. The van der Waals surface area contributed by atoms with E-state index in [0.29, 0.717) is 30.2 Å². The quantitative estimate of drug-likeness (QED) is 0.188. The van der Waals surface area contributed by atoms with Crippen molar-refractivity contribution >= 4 is 17.0 Å². The van der Waals surface area contributed by atoms with Gasteiger partial charge in [-0.3, -0.25) is 4.79 Å². The maximum absolute atomic E-state index is 12.9. The summed E-state index contributed by atoms with van der Waals surface area (Å²) in [5.41, 5.74) is 1.70. The van der Waals surface area contributed by atoms with E-state index in [1.807, 2.05) is 4.90 Å². The van der Waals surface area contributed by atoms with Gasteiger partial charge in [0.1, 0.15) is 0 Å². The second-order valence-electron chi connectivity index (χ2n) is 15.7. The fourth-order valence-corrected chi connectivity index (χ4v) is 10.2. The molecule has 220 valence electrons. The minimum Gasteiger partial charge on any atom is -0.393 e. The van der Waals surface area contributed by atoms with Crippen molar-refractivity contribution in [3.05, 3.63) is 11.6 Å². The van der Waals surface area contributed by atoms with Gasteiger partial charge in [0.05, 0.1) is 6.10 Å². The fraction of sp³-hybridized carbons (Fsp3) is 0.909. The molecule has 1 unspecified atom stereocenters. The number of hydrogen-bond acceptors (Lipinski definition) is 3. The van der Waals surface area contributed by atoms with Crippen molar-refractivity contribution in [2.24, 2.45) is 51.8 Å². The molecule has 4 aliphatic rings. The van der Waals surface area contributed by atoms with Crippen LogP contribution in [0.3, 0.4) is 0 Å². The van der Waals surface area contributed by atoms with Crippen LogP contribution in [0.2, 0.25) is 0 Å². The summed E-state index contributed by atoms with van der Waals surface area (Å²) in [5.74, 6) is 4.47. The summed E-state index contributed by atoms with van der Waals surface area (Å²) < 4.78 is 0. The van der Waals surface area contributed by atoms with Gasteiger partial charge in [0.25, 0.3) is 0 Å². The van der Waals surface area contributed by atoms with Crippen LogP contribution in [0.4, 0.5) is 4.79 Å². The fourth-order valence-electron chi connectivity index (χ4n) is 9.98.